The molecule has 2 rings (SSSR count). The van der Waals surface area contributed by atoms with Gasteiger partial charge in [-0.25, -0.2) is 0 Å². The predicted octanol–water partition coefficient (Wildman–Crippen LogP) is 2.92. The molecule has 6 heteroatoms. The number of amides is 1. The van der Waals surface area contributed by atoms with Gasteiger partial charge in [0.1, 0.15) is 0 Å². The smallest absolute Gasteiger partial charge is 0.282 e. The van der Waals surface area contributed by atoms with E-state index in [1.807, 2.05) is 6.92 Å². The van der Waals surface area contributed by atoms with E-state index in [1.54, 1.807) is 0 Å². The zero-order valence-electron chi connectivity index (χ0n) is 12.3. The standard InChI is InChI=1S/C14H24N4OS/c1-3-10-5-7-11(8-6-10)9-16-12(19)13-17-18-14(20-13)15-4-2/h10-11H,3-9H2,1-2H3,(H,15,18)(H,16,19). The van der Waals surface area contributed by atoms with Crippen LogP contribution in [0.1, 0.15) is 55.8 Å². The Hall–Kier alpha value is -1.17. The lowest BCUT2D eigenvalue weighted by Crippen LogP contribution is -2.31. The van der Waals surface area contributed by atoms with E-state index in [-0.39, 0.29) is 5.91 Å². The summed E-state index contributed by atoms with van der Waals surface area (Å²) in [6, 6.07) is 0. The number of hydrogen-bond donors (Lipinski definition) is 2. The van der Waals surface area contributed by atoms with Crippen molar-refractivity contribution in [2.75, 3.05) is 18.4 Å². The van der Waals surface area contributed by atoms with E-state index in [9.17, 15) is 4.79 Å². The minimum absolute atomic E-state index is 0.0933. The summed E-state index contributed by atoms with van der Waals surface area (Å²) >= 11 is 1.31. The monoisotopic (exact) mass is 296 g/mol. The van der Waals surface area contributed by atoms with Crippen molar-refractivity contribution in [2.45, 2.75) is 46.0 Å². The molecule has 1 saturated carbocycles. The maximum atomic E-state index is 12.0. The molecule has 0 aliphatic heterocycles. The van der Waals surface area contributed by atoms with Crippen LogP contribution in [0.5, 0.6) is 0 Å². The maximum absolute atomic E-state index is 12.0. The minimum Gasteiger partial charge on any atom is -0.360 e. The summed E-state index contributed by atoms with van der Waals surface area (Å²) in [4.78, 5) is 12.0. The molecule has 0 unspecified atom stereocenters. The van der Waals surface area contributed by atoms with E-state index in [0.717, 1.165) is 19.0 Å². The van der Waals surface area contributed by atoms with E-state index in [0.29, 0.717) is 16.1 Å². The third-order valence-corrected chi connectivity index (χ3v) is 4.92. The molecular weight excluding hydrogens is 272 g/mol. The van der Waals surface area contributed by atoms with Crippen LogP contribution in [-0.2, 0) is 0 Å². The summed E-state index contributed by atoms with van der Waals surface area (Å²) < 4.78 is 0. The lowest BCUT2D eigenvalue weighted by Gasteiger charge is -2.27. The first kappa shape index (κ1) is 15.2. The van der Waals surface area contributed by atoms with Crippen LogP contribution in [0, 0.1) is 11.8 Å². The normalized spacial score (nSPS) is 22.5. The molecule has 20 heavy (non-hydrogen) atoms. The van der Waals surface area contributed by atoms with Gasteiger partial charge < -0.3 is 10.6 Å². The third-order valence-electron chi connectivity index (χ3n) is 4.04. The number of nitrogens with one attached hydrogen (secondary N) is 2. The molecule has 1 aromatic heterocycles. The number of carbonyl (C=O) groups is 1. The van der Waals surface area contributed by atoms with Gasteiger partial charge >= 0.3 is 0 Å². The van der Waals surface area contributed by atoms with E-state index < -0.39 is 0 Å². The Labute approximate surface area is 124 Å². The van der Waals surface area contributed by atoms with Crippen LogP contribution >= 0.6 is 11.3 Å². The van der Waals surface area contributed by atoms with Gasteiger partial charge in [0, 0.05) is 13.1 Å². The Morgan fingerprint density at radius 3 is 2.55 bits per heavy atom. The van der Waals surface area contributed by atoms with Crippen LogP contribution in [-0.4, -0.2) is 29.2 Å². The number of hydrogen-bond acceptors (Lipinski definition) is 5. The second kappa shape index (κ2) is 7.57. The second-order valence-electron chi connectivity index (χ2n) is 5.45. The van der Waals surface area contributed by atoms with Crippen molar-refractivity contribution in [1.82, 2.24) is 15.5 Å². The molecule has 1 fully saturated rings. The molecule has 2 N–H and O–H groups in total. The van der Waals surface area contributed by atoms with Gasteiger partial charge in [-0.2, -0.15) is 0 Å². The molecule has 1 amide bonds. The highest BCUT2D eigenvalue weighted by Crippen LogP contribution is 2.30. The Morgan fingerprint density at radius 2 is 1.90 bits per heavy atom. The van der Waals surface area contributed by atoms with Gasteiger partial charge in [0.2, 0.25) is 10.1 Å². The molecule has 0 aromatic carbocycles. The molecule has 0 bridgehead atoms. The number of anilines is 1. The van der Waals surface area contributed by atoms with Crippen molar-refractivity contribution in [1.29, 1.82) is 0 Å². The van der Waals surface area contributed by atoms with Gasteiger partial charge in [0.15, 0.2) is 0 Å². The molecule has 5 nitrogen and oxygen atoms in total. The van der Waals surface area contributed by atoms with Crippen molar-refractivity contribution < 1.29 is 4.79 Å². The van der Waals surface area contributed by atoms with Crippen LogP contribution in [0.4, 0.5) is 5.13 Å². The Bertz CT molecular complexity index is 427. The molecule has 0 atom stereocenters. The number of rotatable bonds is 6. The first-order chi connectivity index (χ1) is 9.72. The van der Waals surface area contributed by atoms with Crippen molar-refractivity contribution in [3.05, 3.63) is 5.01 Å². The van der Waals surface area contributed by atoms with E-state index in [4.69, 9.17) is 0 Å². The van der Waals surface area contributed by atoms with Crippen LogP contribution in [0.3, 0.4) is 0 Å². The topological polar surface area (TPSA) is 66.9 Å². The fourth-order valence-corrected chi connectivity index (χ4v) is 3.42. The SMILES string of the molecule is CCNc1nnc(C(=O)NCC2CCC(CC)CC2)s1. The first-order valence-electron chi connectivity index (χ1n) is 7.58. The van der Waals surface area contributed by atoms with Crippen LogP contribution in [0.2, 0.25) is 0 Å². The number of nitrogens with zero attached hydrogens (tertiary/aromatic N) is 2. The van der Waals surface area contributed by atoms with Gasteiger partial charge in [0.05, 0.1) is 0 Å². The summed E-state index contributed by atoms with van der Waals surface area (Å²) in [6.45, 7) is 5.82. The largest absolute Gasteiger partial charge is 0.360 e. The average molecular weight is 296 g/mol. The molecule has 0 saturated heterocycles. The average Bonchev–Trinajstić information content (AvgIpc) is 2.94. The number of aromatic nitrogens is 2. The molecule has 0 spiro atoms. The van der Waals surface area contributed by atoms with Crippen LogP contribution < -0.4 is 10.6 Å². The number of carbonyl (C=O) groups excluding carboxylic acids is 1. The van der Waals surface area contributed by atoms with E-state index in [2.05, 4.69) is 27.8 Å². The molecular formula is C14H24N4OS. The predicted molar refractivity (Wildman–Crippen MR) is 82.1 cm³/mol. The lowest BCUT2D eigenvalue weighted by atomic mass is 9.81. The zero-order chi connectivity index (χ0) is 14.4. The van der Waals surface area contributed by atoms with Crippen molar-refractivity contribution in [3.8, 4) is 0 Å². The molecule has 1 heterocycles. The Kier molecular flexibility index (Phi) is 5.76. The summed E-state index contributed by atoms with van der Waals surface area (Å²) in [5.74, 6) is 1.43. The molecule has 1 aliphatic rings. The van der Waals surface area contributed by atoms with E-state index in [1.165, 1.54) is 43.4 Å². The molecule has 112 valence electrons. The van der Waals surface area contributed by atoms with Crippen molar-refractivity contribution in [3.63, 3.8) is 0 Å². The first-order valence-corrected chi connectivity index (χ1v) is 8.40. The van der Waals surface area contributed by atoms with Crippen molar-refractivity contribution in [2.24, 2.45) is 11.8 Å². The van der Waals surface area contributed by atoms with Gasteiger partial charge in [-0.05, 0) is 31.6 Å². The van der Waals surface area contributed by atoms with Gasteiger partial charge in [-0.15, -0.1) is 10.2 Å². The van der Waals surface area contributed by atoms with Gasteiger partial charge in [0.25, 0.3) is 5.91 Å². The van der Waals surface area contributed by atoms with E-state index >= 15 is 0 Å². The maximum Gasteiger partial charge on any atom is 0.282 e. The van der Waals surface area contributed by atoms with Crippen LogP contribution in [0.25, 0.3) is 0 Å². The summed E-state index contributed by atoms with van der Waals surface area (Å²) in [5.41, 5.74) is 0. The minimum atomic E-state index is -0.0933. The van der Waals surface area contributed by atoms with Gasteiger partial charge in [-0.1, -0.05) is 37.5 Å². The van der Waals surface area contributed by atoms with Crippen LogP contribution in [0.15, 0.2) is 0 Å². The molecule has 1 aliphatic carbocycles. The highest BCUT2D eigenvalue weighted by molar-refractivity contribution is 7.17. The van der Waals surface area contributed by atoms with Gasteiger partial charge in [-0.3, -0.25) is 4.79 Å². The second-order valence-corrected chi connectivity index (χ2v) is 6.43. The highest BCUT2D eigenvalue weighted by Gasteiger charge is 2.21. The summed E-state index contributed by atoms with van der Waals surface area (Å²) in [6.07, 6.45) is 6.37. The molecule has 1 aromatic rings. The fraction of sp³-hybridized carbons (Fsp3) is 0.786. The lowest BCUT2D eigenvalue weighted by molar-refractivity contribution is 0.0940. The summed E-state index contributed by atoms with van der Waals surface area (Å²) in [5, 5.41) is 15.1. The third kappa shape index (κ3) is 4.16. The fourth-order valence-electron chi connectivity index (χ4n) is 2.69. The molecule has 0 radical (unpaired) electrons. The quantitative estimate of drug-likeness (QED) is 0.847. The Balaban J connectivity index is 1.74. The Morgan fingerprint density at radius 1 is 1.20 bits per heavy atom. The highest BCUT2D eigenvalue weighted by atomic mass is 32.1. The summed E-state index contributed by atoms with van der Waals surface area (Å²) in [7, 11) is 0. The zero-order valence-corrected chi connectivity index (χ0v) is 13.1. The van der Waals surface area contributed by atoms with Crippen molar-refractivity contribution >= 4 is 22.4 Å².